The van der Waals surface area contributed by atoms with Crippen molar-refractivity contribution < 1.29 is 4.39 Å². The summed E-state index contributed by atoms with van der Waals surface area (Å²) >= 11 is 3.27. The summed E-state index contributed by atoms with van der Waals surface area (Å²) in [5.41, 5.74) is 5.81. The number of hydrogen-bond acceptors (Lipinski definition) is 2. The first-order valence-electron chi connectivity index (χ1n) is 4.71. The molecule has 1 aromatic carbocycles. The fourth-order valence-corrected chi connectivity index (χ4v) is 2.06. The number of nitrogens with zero attached hydrogens (tertiary/aromatic N) is 1. The number of benzene rings is 1. The maximum atomic E-state index is 13.5. The van der Waals surface area contributed by atoms with Crippen LogP contribution in [0.15, 0.2) is 22.7 Å². The summed E-state index contributed by atoms with van der Waals surface area (Å²) in [4.78, 5) is 0. The molecule has 0 spiro atoms. The molecule has 1 fully saturated rings. The maximum absolute atomic E-state index is 13.5. The van der Waals surface area contributed by atoms with Crippen LogP contribution in [0.2, 0.25) is 0 Å². The zero-order valence-electron chi connectivity index (χ0n) is 8.00. The van der Waals surface area contributed by atoms with Crippen LogP contribution in [0.1, 0.15) is 24.4 Å². The zero-order valence-corrected chi connectivity index (χ0v) is 9.59. The normalized spacial score (nSPS) is 19.3. The minimum Gasteiger partial charge on any atom is -0.323 e. The average molecular weight is 269 g/mol. The maximum Gasteiger partial charge on any atom is 0.128 e. The molecule has 1 aromatic rings. The first-order valence-corrected chi connectivity index (χ1v) is 5.50. The summed E-state index contributed by atoms with van der Waals surface area (Å²) in [5, 5.41) is 8.98. The van der Waals surface area contributed by atoms with Gasteiger partial charge in [0.05, 0.1) is 17.5 Å². The largest absolute Gasteiger partial charge is 0.323 e. The lowest BCUT2D eigenvalue weighted by Gasteiger charge is -2.17. The highest BCUT2D eigenvalue weighted by atomic mass is 79.9. The summed E-state index contributed by atoms with van der Waals surface area (Å²) in [6, 6.07) is 6.30. The zero-order chi connectivity index (χ0) is 11.1. The van der Waals surface area contributed by atoms with E-state index in [1.807, 2.05) is 0 Å². The molecule has 2 rings (SSSR count). The molecule has 15 heavy (non-hydrogen) atoms. The van der Waals surface area contributed by atoms with E-state index >= 15 is 0 Å². The van der Waals surface area contributed by atoms with E-state index < -0.39 is 11.5 Å². The Labute approximate surface area is 96.0 Å². The number of hydrogen-bond donors (Lipinski definition) is 1. The topological polar surface area (TPSA) is 49.8 Å². The van der Waals surface area contributed by atoms with Crippen LogP contribution in [0.5, 0.6) is 0 Å². The third kappa shape index (κ3) is 1.77. The molecule has 0 heterocycles. The molecule has 1 aliphatic rings. The van der Waals surface area contributed by atoms with Crippen molar-refractivity contribution in [3.8, 4) is 6.07 Å². The second-order valence-corrected chi connectivity index (χ2v) is 4.83. The predicted octanol–water partition coefficient (Wildman–Crippen LogP) is 2.89. The van der Waals surface area contributed by atoms with Gasteiger partial charge in [0.25, 0.3) is 0 Å². The van der Waals surface area contributed by atoms with Crippen LogP contribution in [-0.2, 0) is 0 Å². The van der Waals surface area contributed by atoms with E-state index in [-0.39, 0.29) is 5.82 Å². The van der Waals surface area contributed by atoms with Gasteiger partial charge < -0.3 is 5.73 Å². The predicted molar refractivity (Wildman–Crippen MR) is 58.3 cm³/mol. The van der Waals surface area contributed by atoms with E-state index in [1.165, 1.54) is 6.07 Å². The highest BCUT2D eigenvalue weighted by molar-refractivity contribution is 9.10. The van der Waals surface area contributed by atoms with Gasteiger partial charge >= 0.3 is 0 Å². The van der Waals surface area contributed by atoms with Gasteiger partial charge in [-0.05, 0) is 31.0 Å². The average Bonchev–Trinajstić information content (AvgIpc) is 3.01. The lowest BCUT2D eigenvalue weighted by molar-refractivity contribution is 0.487. The van der Waals surface area contributed by atoms with E-state index in [0.717, 1.165) is 17.3 Å². The van der Waals surface area contributed by atoms with Gasteiger partial charge in [-0.2, -0.15) is 5.26 Å². The Morgan fingerprint density at radius 1 is 1.53 bits per heavy atom. The molecule has 0 radical (unpaired) electrons. The van der Waals surface area contributed by atoms with Crippen LogP contribution >= 0.6 is 15.9 Å². The molecule has 78 valence electrons. The van der Waals surface area contributed by atoms with Crippen molar-refractivity contribution in [1.82, 2.24) is 0 Å². The van der Waals surface area contributed by atoms with Crippen LogP contribution in [0, 0.1) is 22.6 Å². The Morgan fingerprint density at radius 2 is 2.20 bits per heavy atom. The first-order chi connectivity index (χ1) is 7.09. The van der Waals surface area contributed by atoms with Crippen LogP contribution in [0.25, 0.3) is 0 Å². The summed E-state index contributed by atoms with van der Waals surface area (Å²) in [5.74, 6) is -0.341. The standard InChI is InChI=1S/C11H10BrFN2/c12-7-1-2-9(13)8(5-7)10(15)11(6-14)3-4-11/h1-2,5,10H,3-4,15H2. The monoisotopic (exact) mass is 268 g/mol. The third-order valence-corrected chi connectivity index (χ3v) is 3.39. The van der Waals surface area contributed by atoms with Crippen LogP contribution < -0.4 is 5.73 Å². The molecule has 1 aliphatic carbocycles. The van der Waals surface area contributed by atoms with Crippen LogP contribution in [0.3, 0.4) is 0 Å². The van der Waals surface area contributed by atoms with Gasteiger partial charge in [0.15, 0.2) is 0 Å². The molecule has 4 heteroatoms. The van der Waals surface area contributed by atoms with Gasteiger partial charge in [-0.3, -0.25) is 0 Å². The van der Waals surface area contributed by atoms with E-state index in [9.17, 15) is 4.39 Å². The van der Waals surface area contributed by atoms with Crippen LogP contribution in [-0.4, -0.2) is 0 Å². The van der Waals surface area contributed by atoms with Gasteiger partial charge in [0.2, 0.25) is 0 Å². The molecular formula is C11H10BrFN2. The quantitative estimate of drug-likeness (QED) is 0.897. The highest BCUT2D eigenvalue weighted by Crippen LogP contribution is 2.53. The number of nitriles is 1. The lowest BCUT2D eigenvalue weighted by atomic mass is 9.92. The second kappa shape index (κ2) is 3.58. The van der Waals surface area contributed by atoms with Crippen molar-refractivity contribution in [3.63, 3.8) is 0 Å². The number of rotatable bonds is 2. The highest BCUT2D eigenvalue weighted by Gasteiger charge is 2.49. The Kier molecular flexibility index (Phi) is 2.53. The molecule has 0 aromatic heterocycles. The first kappa shape index (κ1) is 10.6. The molecule has 1 atom stereocenters. The van der Waals surface area contributed by atoms with Crippen molar-refractivity contribution in [1.29, 1.82) is 5.26 Å². The Morgan fingerprint density at radius 3 is 2.73 bits per heavy atom. The Hall–Kier alpha value is -0.920. The fourth-order valence-electron chi connectivity index (χ4n) is 1.68. The minimum atomic E-state index is -0.540. The molecule has 1 unspecified atom stereocenters. The van der Waals surface area contributed by atoms with Crippen LogP contribution in [0.4, 0.5) is 4.39 Å². The van der Waals surface area contributed by atoms with Crippen molar-refractivity contribution in [2.45, 2.75) is 18.9 Å². The summed E-state index contributed by atoms with van der Waals surface area (Å²) in [6.07, 6.45) is 1.52. The van der Waals surface area contributed by atoms with Gasteiger partial charge in [0, 0.05) is 10.0 Å². The number of nitrogens with two attached hydrogens (primary N) is 1. The van der Waals surface area contributed by atoms with Crippen molar-refractivity contribution in [3.05, 3.63) is 34.1 Å². The second-order valence-electron chi connectivity index (χ2n) is 3.91. The molecule has 0 saturated heterocycles. The van der Waals surface area contributed by atoms with Crippen molar-refractivity contribution in [2.24, 2.45) is 11.1 Å². The smallest absolute Gasteiger partial charge is 0.128 e. The van der Waals surface area contributed by atoms with Crippen molar-refractivity contribution in [2.75, 3.05) is 0 Å². The van der Waals surface area contributed by atoms with Gasteiger partial charge in [-0.25, -0.2) is 4.39 Å². The van der Waals surface area contributed by atoms with E-state index in [4.69, 9.17) is 11.0 Å². The molecule has 0 aliphatic heterocycles. The van der Waals surface area contributed by atoms with Crippen molar-refractivity contribution >= 4 is 15.9 Å². The molecule has 2 nitrogen and oxygen atoms in total. The molecule has 0 bridgehead atoms. The Bertz CT molecular complexity index is 435. The third-order valence-electron chi connectivity index (χ3n) is 2.90. The minimum absolute atomic E-state index is 0.341. The molecule has 1 saturated carbocycles. The number of halogens is 2. The lowest BCUT2D eigenvalue weighted by Crippen LogP contribution is -2.22. The molecular weight excluding hydrogens is 259 g/mol. The van der Waals surface area contributed by atoms with Gasteiger partial charge in [-0.1, -0.05) is 15.9 Å². The molecule has 0 amide bonds. The molecule has 2 N–H and O–H groups in total. The fraction of sp³-hybridized carbons (Fsp3) is 0.364. The van der Waals surface area contributed by atoms with Gasteiger partial charge in [-0.15, -0.1) is 0 Å². The summed E-state index contributed by atoms with van der Waals surface area (Å²) in [7, 11) is 0. The SMILES string of the molecule is N#CC1(C(N)c2cc(Br)ccc2F)CC1. The van der Waals surface area contributed by atoms with E-state index in [2.05, 4.69) is 22.0 Å². The van der Waals surface area contributed by atoms with Gasteiger partial charge in [0.1, 0.15) is 5.82 Å². The van der Waals surface area contributed by atoms with E-state index in [1.54, 1.807) is 12.1 Å². The Balaban J connectivity index is 2.38. The summed E-state index contributed by atoms with van der Waals surface area (Å²) < 4.78 is 14.3. The summed E-state index contributed by atoms with van der Waals surface area (Å²) in [6.45, 7) is 0. The van der Waals surface area contributed by atoms with E-state index in [0.29, 0.717) is 5.56 Å².